The van der Waals surface area contributed by atoms with Gasteiger partial charge in [-0.3, -0.25) is 0 Å². The zero-order chi connectivity index (χ0) is 10.0. The Morgan fingerprint density at radius 1 is 1.54 bits per heavy atom. The van der Waals surface area contributed by atoms with E-state index < -0.39 is 6.10 Å². The van der Waals surface area contributed by atoms with E-state index in [1.54, 1.807) is 19.1 Å². The predicted octanol–water partition coefficient (Wildman–Crippen LogP) is 1.46. The molecule has 4 heteroatoms. The molecule has 0 aliphatic rings. The number of aliphatic hydroxyl groups is 1. The van der Waals surface area contributed by atoms with E-state index in [1.807, 2.05) is 0 Å². The third-order valence-electron chi connectivity index (χ3n) is 1.93. The summed E-state index contributed by atoms with van der Waals surface area (Å²) in [6.07, 6.45) is -0.735. The Kier molecular flexibility index (Phi) is 3.30. The lowest BCUT2D eigenvalue weighted by atomic mass is 10.1. The Morgan fingerprint density at radius 2 is 2.15 bits per heavy atom. The van der Waals surface area contributed by atoms with Crippen LogP contribution < -0.4 is 5.73 Å². The summed E-state index contributed by atoms with van der Waals surface area (Å²) in [6.45, 7) is 1.93. The van der Waals surface area contributed by atoms with Gasteiger partial charge in [0, 0.05) is 6.54 Å². The van der Waals surface area contributed by atoms with Crippen molar-refractivity contribution in [1.82, 2.24) is 0 Å². The molecule has 1 atom stereocenters. The highest BCUT2D eigenvalue weighted by Gasteiger charge is 2.13. The number of phenols is 1. The molecule has 0 aromatic heterocycles. The van der Waals surface area contributed by atoms with Crippen LogP contribution in [0, 0.1) is 6.92 Å². The first-order valence-corrected chi connectivity index (χ1v) is 4.73. The van der Waals surface area contributed by atoms with Crippen LogP contribution in [0.15, 0.2) is 16.6 Å². The minimum atomic E-state index is -0.735. The minimum Gasteiger partial charge on any atom is -0.506 e. The fraction of sp³-hybridized carbons (Fsp3) is 0.333. The molecule has 0 aliphatic carbocycles. The molecule has 0 heterocycles. The molecule has 0 bridgehead atoms. The maximum absolute atomic E-state index is 9.53. The molecule has 0 fully saturated rings. The van der Waals surface area contributed by atoms with Gasteiger partial charge in [-0.25, -0.2) is 0 Å². The Morgan fingerprint density at radius 3 is 2.69 bits per heavy atom. The molecule has 0 spiro atoms. The highest BCUT2D eigenvalue weighted by Crippen LogP contribution is 2.33. The monoisotopic (exact) mass is 245 g/mol. The zero-order valence-corrected chi connectivity index (χ0v) is 8.87. The van der Waals surface area contributed by atoms with E-state index in [4.69, 9.17) is 5.73 Å². The van der Waals surface area contributed by atoms with Crippen LogP contribution in [0.2, 0.25) is 0 Å². The fourth-order valence-corrected chi connectivity index (χ4v) is 1.77. The van der Waals surface area contributed by atoms with Crippen molar-refractivity contribution in [2.45, 2.75) is 13.0 Å². The number of benzene rings is 1. The molecule has 4 N–H and O–H groups in total. The number of hydrogen-bond acceptors (Lipinski definition) is 3. The van der Waals surface area contributed by atoms with Gasteiger partial charge in [0.15, 0.2) is 0 Å². The third kappa shape index (κ3) is 2.02. The lowest BCUT2D eigenvalue weighted by Crippen LogP contribution is -2.12. The number of aromatic hydroxyl groups is 1. The lowest BCUT2D eigenvalue weighted by molar-refractivity contribution is 0.185. The quantitative estimate of drug-likeness (QED) is 0.739. The number of rotatable bonds is 2. The van der Waals surface area contributed by atoms with E-state index >= 15 is 0 Å². The average molecular weight is 246 g/mol. The first-order valence-electron chi connectivity index (χ1n) is 3.94. The van der Waals surface area contributed by atoms with Gasteiger partial charge in [0.2, 0.25) is 0 Å². The molecular formula is C9H12BrNO2. The van der Waals surface area contributed by atoms with Crippen LogP contribution in [0.4, 0.5) is 0 Å². The van der Waals surface area contributed by atoms with Gasteiger partial charge in [-0.1, -0.05) is 12.1 Å². The summed E-state index contributed by atoms with van der Waals surface area (Å²) in [4.78, 5) is 0. The van der Waals surface area contributed by atoms with Gasteiger partial charge in [0.1, 0.15) is 5.75 Å². The molecule has 1 rings (SSSR count). The maximum Gasteiger partial charge on any atom is 0.133 e. The number of halogens is 1. The van der Waals surface area contributed by atoms with Crippen LogP contribution in [-0.4, -0.2) is 16.8 Å². The van der Waals surface area contributed by atoms with E-state index in [1.165, 1.54) is 0 Å². The molecule has 0 aliphatic heterocycles. The highest BCUT2D eigenvalue weighted by molar-refractivity contribution is 9.10. The Balaban J connectivity index is 3.18. The number of aliphatic hydroxyl groups excluding tert-OH is 1. The standard InChI is InChI=1S/C9H12BrNO2/c1-5-2-3-6(7(12)4-11)8(10)9(5)13/h2-3,7,12-13H,4,11H2,1H3. The summed E-state index contributed by atoms with van der Waals surface area (Å²) < 4.78 is 0.519. The molecule has 3 nitrogen and oxygen atoms in total. The van der Waals surface area contributed by atoms with Gasteiger partial charge in [-0.2, -0.15) is 0 Å². The lowest BCUT2D eigenvalue weighted by Gasteiger charge is -2.12. The Hall–Kier alpha value is -0.580. The van der Waals surface area contributed by atoms with Crippen molar-refractivity contribution < 1.29 is 10.2 Å². The SMILES string of the molecule is Cc1ccc(C(O)CN)c(Br)c1O. The van der Waals surface area contributed by atoms with Gasteiger partial charge in [0.25, 0.3) is 0 Å². The van der Waals surface area contributed by atoms with Gasteiger partial charge in [-0.15, -0.1) is 0 Å². The second-order valence-electron chi connectivity index (χ2n) is 2.89. The summed E-state index contributed by atoms with van der Waals surface area (Å²) in [7, 11) is 0. The molecule has 1 aromatic carbocycles. The smallest absolute Gasteiger partial charge is 0.133 e. The molecule has 1 unspecified atom stereocenters. The number of hydrogen-bond donors (Lipinski definition) is 3. The molecule has 0 amide bonds. The number of phenolic OH excluding ortho intramolecular Hbond substituents is 1. The zero-order valence-electron chi connectivity index (χ0n) is 7.29. The average Bonchev–Trinajstić information content (AvgIpc) is 2.13. The normalized spacial score (nSPS) is 12.9. The van der Waals surface area contributed by atoms with Gasteiger partial charge >= 0.3 is 0 Å². The van der Waals surface area contributed by atoms with Gasteiger partial charge in [0.05, 0.1) is 10.6 Å². The first-order chi connectivity index (χ1) is 6.07. The molecule has 0 saturated heterocycles. The predicted molar refractivity (Wildman–Crippen MR) is 54.6 cm³/mol. The van der Waals surface area contributed by atoms with E-state index in [2.05, 4.69) is 15.9 Å². The van der Waals surface area contributed by atoms with Crippen LogP contribution in [0.5, 0.6) is 5.75 Å². The van der Waals surface area contributed by atoms with Crippen molar-refractivity contribution in [1.29, 1.82) is 0 Å². The molecule has 13 heavy (non-hydrogen) atoms. The van der Waals surface area contributed by atoms with Crippen molar-refractivity contribution in [3.8, 4) is 5.75 Å². The molecule has 1 aromatic rings. The summed E-state index contributed by atoms with van der Waals surface area (Å²) >= 11 is 3.21. The van der Waals surface area contributed by atoms with Crippen LogP contribution in [-0.2, 0) is 0 Å². The maximum atomic E-state index is 9.53. The summed E-state index contributed by atoms with van der Waals surface area (Å²) in [6, 6.07) is 3.49. The topological polar surface area (TPSA) is 66.5 Å². The van der Waals surface area contributed by atoms with Crippen molar-refractivity contribution >= 4 is 15.9 Å². The molecule has 0 saturated carbocycles. The number of aryl methyl sites for hydroxylation is 1. The molecular weight excluding hydrogens is 234 g/mol. The van der Waals surface area contributed by atoms with E-state index in [0.29, 0.717) is 10.0 Å². The summed E-state index contributed by atoms with van der Waals surface area (Å²) in [5.74, 6) is 0.157. The Bertz CT molecular complexity index is 315. The highest BCUT2D eigenvalue weighted by atomic mass is 79.9. The second-order valence-corrected chi connectivity index (χ2v) is 3.68. The third-order valence-corrected chi connectivity index (χ3v) is 2.76. The van der Waals surface area contributed by atoms with E-state index in [0.717, 1.165) is 5.56 Å². The van der Waals surface area contributed by atoms with Crippen LogP contribution in [0.1, 0.15) is 17.2 Å². The Labute approximate surface area is 85.3 Å². The largest absolute Gasteiger partial charge is 0.506 e. The van der Waals surface area contributed by atoms with Crippen molar-refractivity contribution in [3.05, 3.63) is 27.7 Å². The van der Waals surface area contributed by atoms with Crippen molar-refractivity contribution in [2.75, 3.05) is 6.54 Å². The van der Waals surface area contributed by atoms with Crippen molar-refractivity contribution in [2.24, 2.45) is 5.73 Å². The van der Waals surface area contributed by atoms with Gasteiger partial charge < -0.3 is 15.9 Å². The minimum absolute atomic E-state index is 0.140. The van der Waals surface area contributed by atoms with Crippen LogP contribution in [0.3, 0.4) is 0 Å². The van der Waals surface area contributed by atoms with E-state index in [-0.39, 0.29) is 12.3 Å². The number of nitrogens with two attached hydrogens (primary N) is 1. The summed E-state index contributed by atoms with van der Waals surface area (Å²) in [5, 5.41) is 19.0. The fourth-order valence-electron chi connectivity index (χ4n) is 1.06. The molecule has 72 valence electrons. The summed E-state index contributed by atoms with van der Waals surface area (Å²) in [5.41, 5.74) is 6.69. The van der Waals surface area contributed by atoms with E-state index in [9.17, 15) is 10.2 Å². The van der Waals surface area contributed by atoms with Crippen LogP contribution in [0.25, 0.3) is 0 Å². The van der Waals surface area contributed by atoms with Crippen molar-refractivity contribution in [3.63, 3.8) is 0 Å². The van der Waals surface area contributed by atoms with Gasteiger partial charge in [-0.05, 0) is 34.0 Å². The second kappa shape index (κ2) is 4.09. The molecule has 0 radical (unpaired) electrons. The van der Waals surface area contributed by atoms with Crippen LogP contribution >= 0.6 is 15.9 Å². The first kappa shape index (κ1) is 10.5.